The summed E-state index contributed by atoms with van der Waals surface area (Å²) in [7, 11) is 1.81. The van der Waals surface area contributed by atoms with E-state index < -0.39 is 0 Å². The van der Waals surface area contributed by atoms with Crippen molar-refractivity contribution in [1.29, 1.82) is 0 Å². The van der Waals surface area contributed by atoms with Crippen LogP contribution in [0.15, 0.2) is 24.3 Å². The Bertz CT molecular complexity index is 631. The fraction of sp³-hybridized carbons (Fsp3) is 0.333. The van der Waals surface area contributed by atoms with Crippen molar-refractivity contribution < 1.29 is 4.79 Å². The number of benzene rings is 1. The van der Waals surface area contributed by atoms with Gasteiger partial charge < -0.3 is 10.6 Å². The molecule has 0 unspecified atom stereocenters. The molecule has 106 valence electrons. The number of amides is 1. The zero-order valence-electron chi connectivity index (χ0n) is 12.3. The maximum atomic E-state index is 11.9. The summed E-state index contributed by atoms with van der Waals surface area (Å²) in [4.78, 5) is 11.9. The molecule has 0 spiro atoms. The van der Waals surface area contributed by atoms with Crippen LogP contribution in [0, 0.1) is 20.8 Å². The smallest absolute Gasteiger partial charge is 0.244 e. The van der Waals surface area contributed by atoms with Crippen LogP contribution in [0.2, 0.25) is 0 Å². The fourth-order valence-corrected chi connectivity index (χ4v) is 2.02. The molecule has 1 heterocycles. The molecule has 20 heavy (non-hydrogen) atoms. The van der Waals surface area contributed by atoms with Gasteiger partial charge in [-0.3, -0.25) is 9.48 Å². The van der Waals surface area contributed by atoms with Gasteiger partial charge in [-0.05, 0) is 38.0 Å². The molecule has 0 atom stereocenters. The average Bonchev–Trinajstić information content (AvgIpc) is 2.69. The summed E-state index contributed by atoms with van der Waals surface area (Å²) in [6, 6.07) is 7.98. The van der Waals surface area contributed by atoms with Crippen LogP contribution in [0.5, 0.6) is 0 Å². The molecular formula is C15H20N4O. The van der Waals surface area contributed by atoms with Gasteiger partial charge in [0.1, 0.15) is 5.82 Å². The normalized spacial score (nSPS) is 10.4. The Morgan fingerprint density at radius 1 is 1.25 bits per heavy atom. The molecule has 5 nitrogen and oxygen atoms in total. The molecule has 1 amide bonds. The minimum absolute atomic E-state index is 0.0890. The average molecular weight is 272 g/mol. The van der Waals surface area contributed by atoms with Crippen molar-refractivity contribution in [3.8, 4) is 0 Å². The molecule has 0 aliphatic carbocycles. The number of nitrogens with one attached hydrogen (secondary N) is 2. The van der Waals surface area contributed by atoms with Gasteiger partial charge in [-0.25, -0.2) is 0 Å². The van der Waals surface area contributed by atoms with Crippen molar-refractivity contribution in [3.05, 3.63) is 41.1 Å². The second-order valence-electron chi connectivity index (χ2n) is 5.01. The third kappa shape index (κ3) is 3.38. The number of anilines is 2. The van der Waals surface area contributed by atoms with E-state index in [0.717, 1.165) is 16.9 Å². The zero-order valence-corrected chi connectivity index (χ0v) is 12.3. The van der Waals surface area contributed by atoms with Gasteiger partial charge in [-0.2, -0.15) is 5.10 Å². The maximum Gasteiger partial charge on any atom is 0.244 e. The highest BCUT2D eigenvalue weighted by molar-refractivity contribution is 5.93. The molecule has 2 rings (SSSR count). The Labute approximate surface area is 119 Å². The lowest BCUT2D eigenvalue weighted by Crippen LogP contribution is -2.23. The number of aryl methyl sites for hydroxylation is 4. The molecule has 1 aromatic carbocycles. The van der Waals surface area contributed by atoms with E-state index in [0.29, 0.717) is 5.82 Å². The van der Waals surface area contributed by atoms with Gasteiger partial charge >= 0.3 is 0 Å². The van der Waals surface area contributed by atoms with Gasteiger partial charge in [0.2, 0.25) is 5.91 Å². The van der Waals surface area contributed by atoms with Gasteiger partial charge in [0.15, 0.2) is 0 Å². The first kappa shape index (κ1) is 14.1. The highest BCUT2D eigenvalue weighted by atomic mass is 16.2. The molecule has 0 saturated heterocycles. The number of carbonyl (C=O) groups excluding carboxylic acids is 1. The number of carbonyl (C=O) groups is 1. The van der Waals surface area contributed by atoms with E-state index in [1.807, 2.05) is 39.0 Å². The molecule has 0 aliphatic heterocycles. The van der Waals surface area contributed by atoms with E-state index in [2.05, 4.69) is 21.8 Å². The first-order valence-corrected chi connectivity index (χ1v) is 6.57. The molecule has 2 aromatic rings. The van der Waals surface area contributed by atoms with Crippen LogP contribution >= 0.6 is 0 Å². The summed E-state index contributed by atoms with van der Waals surface area (Å²) in [6.45, 7) is 6.17. The summed E-state index contributed by atoms with van der Waals surface area (Å²) in [6.07, 6.45) is 0. The Balaban J connectivity index is 1.95. The highest BCUT2D eigenvalue weighted by Gasteiger charge is 2.07. The van der Waals surface area contributed by atoms with Gasteiger partial charge in [-0.1, -0.05) is 12.1 Å². The molecule has 1 aromatic heterocycles. The van der Waals surface area contributed by atoms with Crippen LogP contribution in [0.3, 0.4) is 0 Å². The van der Waals surface area contributed by atoms with Crippen LogP contribution in [0.25, 0.3) is 0 Å². The number of hydrogen-bond acceptors (Lipinski definition) is 3. The van der Waals surface area contributed by atoms with E-state index in [9.17, 15) is 4.79 Å². The minimum Gasteiger partial charge on any atom is -0.376 e. The standard InChI is InChI=1S/C15H20N4O/c1-10-5-6-11(2)13(7-10)16-9-15(20)17-14-8-12(3)18-19(14)4/h5-8,16H,9H2,1-4H3,(H,17,20). The number of nitrogens with zero attached hydrogens (tertiary/aromatic N) is 2. The lowest BCUT2D eigenvalue weighted by Gasteiger charge is -2.10. The molecular weight excluding hydrogens is 252 g/mol. The molecule has 2 N–H and O–H groups in total. The predicted molar refractivity (Wildman–Crippen MR) is 81.0 cm³/mol. The van der Waals surface area contributed by atoms with E-state index in [1.165, 1.54) is 5.56 Å². The Kier molecular flexibility index (Phi) is 4.08. The Hall–Kier alpha value is -2.30. The third-order valence-electron chi connectivity index (χ3n) is 3.10. The van der Waals surface area contributed by atoms with Crippen LogP contribution in [0.4, 0.5) is 11.5 Å². The van der Waals surface area contributed by atoms with Crippen molar-refractivity contribution >= 4 is 17.4 Å². The monoisotopic (exact) mass is 272 g/mol. The van der Waals surface area contributed by atoms with Crippen molar-refractivity contribution in [2.75, 3.05) is 17.2 Å². The van der Waals surface area contributed by atoms with Crippen LogP contribution in [-0.2, 0) is 11.8 Å². The largest absolute Gasteiger partial charge is 0.376 e. The quantitative estimate of drug-likeness (QED) is 0.898. The lowest BCUT2D eigenvalue weighted by atomic mass is 10.1. The van der Waals surface area contributed by atoms with Gasteiger partial charge in [0.25, 0.3) is 0 Å². The molecule has 0 saturated carbocycles. The SMILES string of the molecule is Cc1ccc(C)c(NCC(=O)Nc2cc(C)nn2C)c1. The first-order valence-electron chi connectivity index (χ1n) is 6.57. The van der Waals surface area contributed by atoms with E-state index in [1.54, 1.807) is 11.7 Å². The van der Waals surface area contributed by atoms with Crippen molar-refractivity contribution in [3.63, 3.8) is 0 Å². The molecule has 0 bridgehead atoms. The summed E-state index contributed by atoms with van der Waals surface area (Å²) in [5.74, 6) is 0.615. The summed E-state index contributed by atoms with van der Waals surface area (Å²) < 4.78 is 1.66. The van der Waals surface area contributed by atoms with Gasteiger partial charge in [0.05, 0.1) is 12.2 Å². The second-order valence-corrected chi connectivity index (χ2v) is 5.01. The topological polar surface area (TPSA) is 59.0 Å². The summed E-state index contributed by atoms with van der Waals surface area (Å²) in [5, 5.41) is 10.2. The van der Waals surface area contributed by atoms with Crippen molar-refractivity contribution in [2.24, 2.45) is 7.05 Å². The van der Waals surface area contributed by atoms with Gasteiger partial charge in [-0.15, -0.1) is 0 Å². The van der Waals surface area contributed by atoms with Crippen LogP contribution in [-0.4, -0.2) is 22.2 Å². The summed E-state index contributed by atoms with van der Waals surface area (Å²) in [5.41, 5.74) is 4.16. The van der Waals surface area contributed by atoms with E-state index in [-0.39, 0.29) is 12.5 Å². The fourth-order valence-electron chi connectivity index (χ4n) is 2.02. The third-order valence-corrected chi connectivity index (χ3v) is 3.10. The minimum atomic E-state index is -0.0890. The summed E-state index contributed by atoms with van der Waals surface area (Å²) >= 11 is 0. The molecule has 0 radical (unpaired) electrons. The van der Waals surface area contributed by atoms with Crippen molar-refractivity contribution in [1.82, 2.24) is 9.78 Å². The number of aromatic nitrogens is 2. The Morgan fingerprint density at radius 2 is 2.00 bits per heavy atom. The van der Waals surface area contributed by atoms with Crippen LogP contribution < -0.4 is 10.6 Å². The zero-order chi connectivity index (χ0) is 14.7. The van der Waals surface area contributed by atoms with E-state index in [4.69, 9.17) is 0 Å². The molecule has 0 fully saturated rings. The van der Waals surface area contributed by atoms with Gasteiger partial charge in [0, 0.05) is 18.8 Å². The first-order chi connectivity index (χ1) is 9.45. The maximum absolute atomic E-state index is 11.9. The predicted octanol–water partition coefficient (Wildman–Crippen LogP) is 2.40. The van der Waals surface area contributed by atoms with Crippen LogP contribution in [0.1, 0.15) is 16.8 Å². The highest BCUT2D eigenvalue weighted by Crippen LogP contribution is 2.16. The number of hydrogen-bond donors (Lipinski definition) is 2. The molecule has 5 heteroatoms. The number of rotatable bonds is 4. The van der Waals surface area contributed by atoms with E-state index >= 15 is 0 Å². The molecule has 0 aliphatic rings. The lowest BCUT2D eigenvalue weighted by molar-refractivity contribution is -0.114. The second kappa shape index (κ2) is 5.77. The Morgan fingerprint density at radius 3 is 2.65 bits per heavy atom. The van der Waals surface area contributed by atoms with Crippen molar-refractivity contribution in [2.45, 2.75) is 20.8 Å².